The Morgan fingerprint density at radius 2 is 1.11 bits per heavy atom. The molecule has 0 saturated heterocycles. The third kappa shape index (κ3) is 4.04. The summed E-state index contributed by atoms with van der Waals surface area (Å²) in [6, 6.07) is 8.53. The molecule has 0 saturated carbocycles. The van der Waals surface area contributed by atoms with E-state index in [0.717, 1.165) is 22.3 Å². The van der Waals surface area contributed by atoms with Gasteiger partial charge in [0.2, 0.25) is 0 Å². The summed E-state index contributed by atoms with van der Waals surface area (Å²) in [5.41, 5.74) is 6.41. The van der Waals surface area contributed by atoms with Crippen molar-refractivity contribution in [2.45, 2.75) is 72.6 Å². The van der Waals surface area contributed by atoms with Gasteiger partial charge in [0, 0.05) is 33.2 Å². The summed E-state index contributed by atoms with van der Waals surface area (Å²) in [6.45, 7) is 17.1. The van der Waals surface area contributed by atoms with Gasteiger partial charge in [0.15, 0.2) is 11.5 Å². The van der Waals surface area contributed by atoms with Crippen molar-refractivity contribution in [3.8, 4) is 11.5 Å². The molecule has 144 valence electrons. The summed E-state index contributed by atoms with van der Waals surface area (Å²) < 4.78 is 24.6. The highest BCUT2D eigenvalue weighted by molar-refractivity contribution is 7.34. The zero-order chi connectivity index (χ0) is 20.1. The number of hydrogen-bond donors (Lipinski definition) is 0. The predicted molar refractivity (Wildman–Crippen MR) is 111 cm³/mol. The molecular weight excluding hydrogens is 355 g/mol. The number of hydrogen-bond acceptors (Lipinski definition) is 3. The fourth-order valence-corrected chi connectivity index (χ4v) is 4.43. The molecule has 0 fully saturated rings. The summed E-state index contributed by atoms with van der Waals surface area (Å²) >= 11 is 0. The maximum atomic E-state index is 12.8. The Balaban J connectivity index is 2.27. The molecule has 1 heterocycles. The van der Waals surface area contributed by atoms with E-state index >= 15 is 0 Å². The smallest absolute Gasteiger partial charge is 0.222 e. The maximum absolute atomic E-state index is 12.8. The molecule has 2 aromatic carbocycles. The SMILES string of the molecule is Cc1cc2c(c(C(C)(C)C)c1)O[P+](=O)Oc1c(cc(C)cc1C(C)(C)C)C2. The lowest BCUT2D eigenvalue weighted by molar-refractivity contribution is 0.395. The van der Waals surface area contributed by atoms with Gasteiger partial charge in [0.25, 0.3) is 0 Å². The summed E-state index contributed by atoms with van der Waals surface area (Å²) in [4.78, 5) is 0. The van der Waals surface area contributed by atoms with Crippen molar-refractivity contribution in [3.63, 3.8) is 0 Å². The van der Waals surface area contributed by atoms with Crippen LogP contribution in [-0.2, 0) is 21.8 Å². The van der Waals surface area contributed by atoms with Crippen LogP contribution in [0.2, 0.25) is 0 Å². The lowest BCUT2D eigenvalue weighted by Crippen LogP contribution is -2.17. The standard InChI is InChI=1S/C23H30O3P/c1-14-9-16-13-17-10-15(2)12-19(23(6,7)8)21(17)26-27(24)25-20(16)18(11-14)22(3,4)5/h9-12H,13H2,1-8H3/q+1. The van der Waals surface area contributed by atoms with Crippen LogP contribution in [0.15, 0.2) is 24.3 Å². The minimum atomic E-state index is -2.30. The van der Waals surface area contributed by atoms with E-state index < -0.39 is 8.25 Å². The first kappa shape index (κ1) is 19.9. The van der Waals surface area contributed by atoms with Gasteiger partial charge in [0.1, 0.15) is 0 Å². The van der Waals surface area contributed by atoms with Gasteiger partial charge in [0.05, 0.1) is 0 Å². The highest BCUT2D eigenvalue weighted by Gasteiger charge is 2.37. The van der Waals surface area contributed by atoms with Crippen LogP contribution < -0.4 is 9.05 Å². The first-order valence-electron chi connectivity index (χ1n) is 9.47. The van der Waals surface area contributed by atoms with Crippen molar-refractivity contribution < 1.29 is 13.6 Å². The van der Waals surface area contributed by atoms with Crippen LogP contribution in [0.3, 0.4) is 0 Å². The van der Waals surface area contributed by atoms with Crippen LogP contribution in [-0.4, -0.2) is 0 Å². The molecule has 0 amide bonds. The van der Waals surface area contributed by atoms with E-state index in [0.29, 0.717) is 17.9 Å². The van der Waals surface area contributed by atoms with Crippen molar-refractivity contribution in [3.05, 3.63) is 57.6 Å². The van der Waals surface area contributed by atoms with Gasteiger partial charge >= 0.3 is 8.25 Å². The molecule has 3 nitrogen and oxygen atoms in total. The molecule has 0 aliphatic carbocycles. The minimum absolute atomic E-state index is 0.114. The van der Waals surface area contributed by atoms with Gasteiger partial charge < -0.3 is 0 Å². The molecular formula is C23H30O3P+. The Hall–Kier alpha value is -1.86. The average Bonchev–Trinajstić information content (AvgIpc) is 2.48. The van der Waals surface area contributed by atoms with Crippen LogP contribution in [0.4, 0.5) is 0 Å². The van der Waals surface area contributed by atoms with E-state index in [1.165, 1.54) is 11.1 Å². The molecule has 0 bridgehead atoms. The van der Waals surface area contributed by atoms with E-state index in [9.17, 15) is 4.57 Å². The molecule has 0 spiro atoms. The van der Waals surface area contributed by atoms with Crippen molar-refractivity contribution in [2.24, 2.45) is 0 Å². The number of fused-ring (bicyclic) bond motifs is 2. The Morgan fingerprint density at radius 3 is 1.44 bits per heavy atom. The summed E-state index contributed by atoms with van der Waals surface area (Å²) in [5, 5.41) is 0. The maximum Gasteiger partial charge on any atom is 0.805 e. The van der Waals surface area contributed by atoms with Crippen LogP contribution in [0.5, 0.6) is 11.5 Å². The Morgan fingerprint density at radius 1 is 0.741 bits per heavy atom. The van der Waals surface area contributed by atoms with Crippen LogP contribution in [0.25, 0.3) is 0 Å². The summed E-state index contributed by atoms with van der Waals surface area (Å²) in [5.74, 6) is 1.41. The quantitative estimate of drug-likeness (QED) is 0.462. The number of aryl methyl sites for hydroxylation is 2. The highest BCUT2D eigenvalue weighted by Crippen LogP contribution is 2.47. The molecule has 4 heteroatoms. The van der Waals surface area contributed by atoms with Gasteiger partial charge in [-0.25, -0.2) is 9.05 Å². The Labute approximate surface area is 164 Å². The van der Waals surface area contributed by atoms with Gasteiger partial charge in [-0.3, -0.25) is 0 Å². The van der Waals surface area contributed by atoms with Crippen molar-refractivity contribution >= 4 is 8.25 Å². The summed E-state index contributed by atoms with van der Waals surface area (Å²) in [7, 11) is -2.30. The molecule has 2 aromatic rings. The molecule has 1 aliphatic heterocycles. The Bertz CT molecular complexity index is 841. The van der Waals surface area contributed by atoms with Crippen molar-refractivity contribution in [1.82, 2.24) is 0 Å². The molecule has 3 rings (SSSR count). The van der Waals surface area contributed by atoms with Crippen LogP contribution in [0, 0.1) is 13.8 Å². The molecule has 27 heavy (non-hydrogen) atoms. The molecule has 1 aliphatic rings. The first-order valence-corrected chi connectivity index (χ1v) is 10.6. The molecule has 0 atom stereocenters. The third-order valence-corrected chi connectivity index (χ3v) is 5.61. The van der Waals surface area contributed by atoms with E-state index in [1.54, 1.807) is 0 Å². The zero-order valence-corrected chi connectivity index (χ0v) is 18.6. The van der Waals surface area contributed by atoms with E-state index in [2.05, 4.69) is 79.7 Å². The van der Waals surface area contributed by atoms with Crippen molar-refractivity contribution in [2.75, 3.05) is 0 Å². The lowest BCUT2D eigenvalue weighted by Gasteiger charge is -2.26. The molecule has 0 radical (unpaired) electrons. The fourth-order valence-electron chi connectivity index (χ4n) is 3.66. The normalized spacial score (nSPS) is 14.4. The zero-order valence-electron chi connectivity index (χ0n) is 17.7. The second-order valence-electron chi connectivity index (χ2n) is 9.68. The number of rotatable bonds is 0. The van der Waals surface area contributed by atoms with Crippen molar-refractivity contribution in [1.29, 1.82) is 0 Å². The van der Waals surface area contributed by atoms with E-state index in [1.807, 2.05) is 0 Å². The largest absolute Gasteiger partial charge is 0.805 e. The van der Waals surface area contributed by atoms with E-state index in [-0.39, 0.29) is 10.8 Å². The average molecular weight is 385 g/mol. The highest BCUT2D eigenvalue weighted by atomic mass is 31.1. The summed E-state index contributed by atoms with van der Waals surface area (Å²) in [6.07, 6.45) is 0.698. The minimum Gasteiger partial charge on any atom is -0.222 e. The predicted octanol–water partition coefficient (Wildman–Crippen LogP) is 6.92. The molecule has 0 aromatic heterocycles. The topological polar surface area (TPSA) is 35.5 Å². The monoisotopic (exact) mass is 385 g/mol. The van der Waals surface area contributed by atoms with Crippen LogP contribution in [0.1, 0.15) is 74.9 Å². The first-order chi connectivity index (χ1) is 12.4. The van der Waals surface area contributed by atoms with Gasteiger partial charge in [-0.1, -0.05) is 76.9 Å². The molecule has 0 N–H and O–H groups in total. The lowest BCUT2D eigenvalue weighted by atomic mass is 9.81. The van der Waals surface area contributed by atoms with Gasteiger partial charge in [-0.15, -0.1) is 0 Å². The van der Waals surface area contributed by atoms with E-state index in [4.69, 9.17) is 9.05 Å². The second kappa shape index (κ2) is 6.63. The molecule has 0 unspecified atom stereocenters. The van der Waals surface area contributed by atoms with Gasteiger partial charge in [-0.05, 0) is 24.7 Å². The fraction of sp³-hybridized carbons (Fsp3) is 0.478. The second-order valence-corrected chi connectivity index (χ2v) is 10.5. The van der Waals surface area contributed by atoms with Gasteiger partial charge in [-0.2, -0.15) is 0 Å². The number of benzene rings is 2. The Kier molecular flexibility index (Phi) is 4.89. The third-order valence-electron chi connectivity index (χ3n) is 4.95. The van der Waals surface area contributed by atoms with Crippen LogP contribution >= 0.6 is 8.25 Å².